The molecule has 2 aromatic rings. The van der Waals surface area contributed by atoms with Crippen LogP contribution in [0.15, 0.2) is 63.3 Å². The molecule has 2 rings (SSSR count). The number of anilines is 2. The van der Waals surface area contributed by atoms with E-state index in [2.05, 4.69) is 25.7 Å². The Bertz CT molecular complexity index is 1150. The summed E-state index contributed by atoms with van der Waals surface area (Å²) in [5.74, 6) is -0.998. The van der Waals surface area contributed by atoms with E-state index in [1.165, 1.54) is 30.3 Å². The molecule has 33 heavy (non-hydrogen) atoms. The summed E-state index contributed by atoms with van der Waals surface area (Å²) in [7, 11) is -2.72. The molecule has 0 bridgehead atoms. The molecule has 0 saturated carbocycles. The molecule has 11 heteroatoms. The summed E-state index contributed by atoms with van der Waals surface area (Å²) >= 11 is 0. The largest absolute Gasteiger partial charge is 0.451 e. The quantitative estimate of drug-likeness (QED) is 0.412. The van der Waals surface area contributed by atoms with Crippen molar-refractivity contribution in [2.24, 2.45) is 4.99 Å². The van der Waals surface area contributed by atoms with Crippen molar-refractivity contribution in [3.63, 3.8) is 0 Å². The molecule has 176 valence electrons. The minimum absolute atomic E-state index is 0.0462. The molecule has 0 aliphatic rings. The van der Waals surface area contributed by atoms with E-state index in [9.17, 15) is 22.8 Å². The molecule has 0 heterocycles. The molecule has 0 saturated heterocycles. The molecule has 0 spiro atoms. The average Bonchev–Trinajstić information content (AvgIpc) is 2.80. The zero-order valence-electron chi connectivity index (χ0n) is 18.5. The summed E-state index contributed by atoms with van der Waals surface area (Å²) in [6.45, 7) is 3.45. The van der Waals surface area contributed by atoms with Crippen LogP contribution >= 0.6 is 0 Å². The molecule has 0 unspecified atom stereocenters. The number of nitrogens with one attached hydrogen (secondary N) is 3. The molecule has 0 radical (unpaired) electrons. The van der Waals surface area contributed by atoms with Gasteiger partial charge in [-0.3, -0.25) is 14.9 Å². The minimum Gasteiger partial charge on any atom is -0.451 e. The van der Waals surface area contributed by atoms with Crippen LogP contribution in [0.4, 0.5) is 16.2 Å². The van der Waals surface area contributed by atoms with E-state index < -0.39 is 21.8 Å². The fourth-order valence-electron chi connectivity index (χ4n) is 2.65. The Morgan fingerprint density at radius 1 is 0.909 bits per heavy atom. The standard InChI is InChI=1S/C22H26N4O6S/c1-4-9-20(28)23-18-14-16(33(30,31)15-10-7-6-8-11-15)12-13-17(18)24-21(25-19(27)5-2)26-22(29)32-3/h6-8,10-14H,4-5,9H2,1-3H3,(H,23,28)(H2,24,25,26,27,29). The zero-order chi connectivity index (χ0) is 24.4. The van der Waals surface area contributed by atoms with E-state index >= 15 is 0 Å². The molecule has 3 amide bonds. The van der Waals surface area contributed by atoms with Gasteiger partial charge in [-0.25, -0.2) is 13.2 Å². The molecule has 3 N–H and O–H groups in total. The lowest BCUT2D eigenvalue weighted by molar-refractivity contribution is -0.119. The number of carbonyl (C=O) groups is 3. The number of benzene rings is 2. The third-order valence-electron chi connectivity index (χ3n) is 4.32. The number of carbonyl (C=O) groups excluding carboxylic acids is 3. The summed E-state index contributed by atoms with van der Waals surface area (Å²) in [5.41, 5.74) is 0.347. The molecular formula is C22H26N4O6S. The van der Waals surface area contributed by atoms with Gasteiger partial charge in [0.15, 0.2) is 0 Å². The Kier molecular flexibility index (Phi) is 9.10. The van der Waals surface area contributed by atoms with Crippen LogP contribution in [-0.2, 0) is 24.2 Å². The number of guanidine groups is 1. The summed E-state index contributed by atoms with van der Waals surface area (Å²) in [6.07, 6.45) is -0.0482. The van der Waals surface area contributed by atoms with Crippen LogP contribution in [0.1, 0.15) is 33.1 Å². The Labute approximate surface area is 192 Å². The molecular weight excluding hydrogens is 448 g/mol. The van der Waals surface area contributed by atoms with Crippen molar-refractivity contribution in [3.8, 4) is 0 Å². The van der Waals surface area contributed by atoms with Crippen molar-refractivity contribution in [2.75, 3.05) is 17.7 Å². The van der Waals surface area contributed by atoms with E-state index in [4.69, 9.17) is 0 Å². The van der Waals surface area contributed by atoms with E-state index in [0.29, 0.717) is 6.42 Å². The Morgan fingerprint density at radius 2 is 1.61 bits per heavy atom. The molecule has 2 aromatic carbocycles. The van der Waals surface area contributed by atoms with Crippen molar-refractivity contribution >= 4 is 45.1 Å². The van der Waals surface area contributed by atoms with Crippen LogP contribution in [0, 0.1) is 0 Å². The maximum Gasteiger partial charge on any atom is 0.436 e. The van der Waals surface area contributed by atoms with Gasteiger partial charge in [-0.05, 0) is 36.8 Å². The number of amides is 3. The highest BCUT2D eigenvalue weighted by Crippen LogP contribution is 2.29. The third kappa shape index (κ3) is 7.14. The van der Waals surface area contributed by atoms with Crippen LogP contribution in [-0.4, -0.2) is 39.4 Å². The Balaban J connectivity index is 2.52. The number of hydrogen-bond acceptors (Lipinski definition) is 6. The number of methoxy groups -OCH3 is 1. The maximum atomic E-state index is 13.0. The second-order valence-corrected chi connectivity index (χ2v) is 8.73. The third-order valence-corrected chi connectivity index (χ3v) is 6.08. The van der Waals surface area contributed by atoms with Crippen molar-refractivity contribution < 1.29 is 27.5 Å². The van der Waals surface area contributed by atoms with Gasteiger partial charge in [-0.1, -0.05) is 32.0 Å². The first kappa shape index (κ1) is 25.5. The molecule has 0 fully saturated rings. The smallest absolute Gasteiger partial charge is 0.436 e. The van der Waals surface area contributed by atoms with Gasteiger partial charge in [0.1, 0.15) is 0 Å². The number of hydrogen-bond donors (Lipinski definition) is 3. The lowest BCUT2D eigenvalue weighted by Gasteiger charge is -2.16. The number of nitrogens with zero attached hydrogens (tertiary/aromatic N) is 1. The number of ether oxygens (including phenoxy) is 1. The molecule has 0 aliphatic carbocycles. The fourth-order valence-corrected chi connectivity index (χ4v) is 3.96. The van der Waals surface area contributed by atoms with Gasteiger partial charge >= 0.3 is 6.09 Å². The summed E-state index contributed by atoms with van der Waals surface area (Å²) < 4.78 is 30.6. The van der Waals surface area contributed by atoms with Gasteiger partial charge in [0, 0.05) is 12.8 Å². The first-order chi connectivity index (χ1) is 15.7. The fraction of sp³-hybridized carbons (Fsp3) is 0.273. The number of sulfone groups is 1. The lowest BCUT2D eigenvalue weighted by atomic mass is 10.2. The molecule has 10 nitrogen and oxygen atoms in total. The van der Waals surface area contributed by atoms with E-state index in [-0.39, 0.29) is 45.9 Å². The average molecular weight is 475 g/mol. The number of rotatable bonds is 7. The van der Waals surface area contributed by atoms with Gasteiger partial charge in [-0.15, -0.1) is 4.99 Å². The predicted molar refractivity (Wildman–Crippen MR) is 124 cm³/mol. The topological polar surface area (TPSA) is 143 Å². The van der Waals surface area contributed by atoms with Gasteiger partial charge < -0.3 is 15.4 Å². The van der Waals surface area contributed by atoms with Crippen LogP contribution in [0.2, 0.25) is 0 Å². The maximum absolute atomic E-state index is 13.0. The highest BCUT2D eigenvalue weighted by molar-refractivity contribution is 7.91. The second-order valence-electron chi connectivity index (χ2n) is 6.78. The Hall–Kier alpha value is -3.73. The summed E-state index contributed by atoms with van der Waals surface area (Å²) in [4.78, 5) is 39.4. The Morgan fingerprint density at radius 3 is 2.21 bits per heavy atom. The van der Waals surface area contributed by atoms with Gasteiger partial charge in [-0.2, -0.15) is 0 Å². The van der Waals surface area contributed by atoms with Crippen LogP contribution in [0.25, 0.3) is 0 Å². The second kappa shape index (κ2) is 11.8. The van der Waals surface area contributed by atoms with Crippen molar-refractivity contribution in [1.29, 1.82) is 0 Å². The van der Waals surface area contributed by atoms with Crippen LogP contribution in [0.3, 0.4) is 0 Å². The van der Waals surface area contributed by atoms with Crippen molar-refractivity contribution in [2.45, 2.75) is 42.9 Å². The van der Waals surface area contributed by atoms with E-state index in [0.717, 1.165) is 7.11 Å². The van der Waals surface area contributed by atoms with Crippen molar-refractivity contribution in [3.05, 3.63) is 48.5 Å². The lowest BCUT2D eigenvalue weighted by Crippen LogP contribution is -2.36. The highest BCUT2D eigenvalue weighted by Gasteiger charge is 2.20. The first-order valence-electron chi connectivity index (χ1n) is 10.2. The molecule has 0 aromatic heterocycles. The van der Waals surface area contributed by atoms with Gasteiger partial charge in [0.2, 0.25) is 27.6 Å². The SMILES string of the molecule is CCCC(=O)Nc1cc(S(=O)(=O)c2ccccc2)ccc1NC(=NC(=O)OC)NC(=O)CC. The van der Waals surface area contributed by atoms with Crippen LogP contribution in [0.5, 0.6) is 0 Å². The van der Waals surface area contributed by atoms with E-state index in [1.54, 1.807) is 25.1 Å². The number of aliphatic imine (C=N–C) groups is 1. The molecule has 0 aliphatic heterocycles. The molecule has 0 atom stereocenters. The highest BCUT2D eigenvalue weighted by atomic mass is 32.2. The van der Waals surface area contributed by atoms with Gasteiger partial charge in [0.05, 0.1) is 28.3 Å². The van der Waals surface area contributed by atoms with E-state index in [1.807, 2.05) is 6.92 Å². The normalized spacial score (nSPS) is 11.4. The monoisotopic (exact) mass is 474 g/mol. The van der Waals surface area contributed by atoms with Crippen molar-refractivity contribution in [1.82, 2.24) is 5.32 Å². The summed E-state index contributed by atoms with van der Waals surface area (Å²) in [5, 5.41) is 7.84. The zero-order valence-corrected chi connectivity index (χ0v) is 19.4. The first-order valence-corrected chi connectivity index (χ1v) is 11.7. The predicted octanol–water partition coefficient (Wildman–Crippen LogP) is 3.32. The summed E-state index contributed by atoms with van der Waals surface area (Å²) in [6, 6.07) is 11.9. The van der Waals surface area contributed by atoms with Gasteiger partial charge in [0.25, 0.3) is 0 Å². The minimum atomic E-state index is -3.85. The van der Waals surface area contributed by atoms with Crippen LogP contribution < -0.4 is 16.0 Å².